The Labute approximate surface area is 160 Å². The first kappa shape index (κ1) is 15.8. The van der Waals surface area contributed by atoms with Crippen molar-refractivity contribution in [2.24, 2.45) is 0 Å². The van der Waals surface area contributed by atoms with Crippen LogP contribution in [-0.2, 0) is 0 Å². The van der Waals surface area contributed by atoms with Crippen LogP contribution in [0.5, 0.6) is 0 Å². The van der Waals surface area contributed by atoms with E-state index in [1.165, 1.54) is 0 Å². The minimum Gasteiger partial charge on any atom is -0.285 e. The average Bonchev–Trinajstić information content (AvgIpc) is 3.37. The Morgan fingerprint density at radius 3 is 2.52 bits per heavy atom. The van der Waals surface area contributed by atoms with Gasteiger partial charge in [0.15, 0.2) is 10.8 Å². The third kappa shape index (κ3) is 2.69. The molecule has 6 heteroatoms. The SMILES string of the molecule is Clc1cc(-c2cc[nH]n2)c2nc(-c3cc[c]cc3)c(-c3ccccc3)n2n1. The zero-order valence-corrected chi connectivity index (χ0v) is 14.9. The Hall–Kier alpha value is -3.44. The molecule has 5 nitrogen and oxygen atoms in total. The third-order valence-corrected chi connectivity index (χ3v) is 4.55. The summed E-state index contributed by atoms with van der Waals surface area (Å²) < 4.78 is 1.80. The molecule has 0 saturated carbocycles. The molecule has 0 amide bonds. The molecule has 0 spiro atoms. The van der Waals surface area contributed by atoms with Crippen molar-refractivity contribution in [2.45, 2.75) is 0 Å². The van der Waals surface area contributed by atoms with Crippen LogP contribution in [0.15, 0.2) is 72.9 Å². The van der Waals surface area contributed by atoms with Crippen molar-refractivity contribution in [2.75, 3.05) is 0 Å². The van der Waals surface area contributed by atoms with E-state index in [0.717, 1.165) is 33.8 Å². The fraction of sp³-hybridized carbons (Fsp3) is 0. The predicted molar refractivity (Wildman–Crippen MR) is 105 cm³/mol. The highest BCUT2D eigenvalue weighted by molar-refractivity contribution is 6.29. The minimum absolute atomic E-state index is 0.378. The number of aromatic nitrogens is 5. The number of H-pyrrole nitrogens is 1. The summed E-state index contributed by atoms with van der Waals surface area (Å²) >= 11 is 6.35. The summed E-state index contributed by atoms with van der Waals surface area (Å²) in [6, 6.07) is 24.5. The number of fused-ring (bicyclic) bond motifs is 1. The van der Waals surface area contributed by atoms with Gasteiger partial charge in [0.2, 0.25) is 0 Å². The highest BCUT2D eigenvalue weighted by Gasteiger charge is 2.20. The molecule has 2 aromatic carbocycles. The lowest BCUT2D eigenvalue weighted by Gasteiger charge is -2.06. The molecular formula is C21H13ClN5. The maximum absolute atomic E-state index is 6.35. The molecule has 27 heavy (non-hydrogen) atoms. The van der Waals surface area contributed by atoms with Gasteiger partial charge in [0.1, 0.15) is 5.69 Å². The number of imidazole rings is 1. The Morgan fingerprint density at radius 2 is 1.78 bits per heavy atom. The number of aromatic amines is 1. The molecule has 5 rings (SSSR count). The molecule has 1 radical (unpaired) electrons. The largest absolute Gasteiger partial charge is 0.285 e. The molecular weight excluding hydrogens is 358 g/mol. The first-order chi connectivity index (χ1) is 13.3. The Kier molecular flexibility index (Phi) is 3.73. The summed E-state index contributed by atoms with van der Waals surface area (Å²) in [7, 11) is 0. The molecule has 5 aromatic rings. The van der Waals surface area contributed by atoms with Crippen LogP contribution in [0.2, 0.25) is 5.15 Å². The fourth-order valence-electron chi connectivity index (χ4n) is 3.19. The van der Waals surface area contributed by atoms with Gasteiger partial charge in [0.05, 0.1) is 11.4 Å². The lowest BCUT2D eigenvalue weighted by atomic mass is 10.1. The van der Waals surface area contributed by atoms with Gasteiger partial charge < -0.3 is 0 Å². The maximum Gasteiger partial charge on any atom is 0.164 e. The monoisotopic (exact) mass is 370 g/mol. The Balaban J connectivity index is 1.90. The van der Waals surface area contributed by atoms with E-state index in [1.54, 1.807) is 16.8 Å². The zero-order chi connectivity index (χ0) is 18.2. The zero-order valence-electron chi connectivity index (χ0n) is 14.1. The van der Waals surface area contributed by atoms with Crippen molar-refractivity contribution in [3.63, 3.8) is 0 Å². The molecule has 3 heterocycles. The van der Waals surface area contributed by atoms with Gasteiger partial charge in [-0.3, -0.25) is 5.10 Å². The number of hydrogen-bond acceptors (Lipinski definition) is 3. The normalized spacial score (nSPS) is 11.1. The van der Waals surface area contributed by atoms with Gasteiger partial charge >= 0.3 is 0 Å². The Bertz CT molecular complexity index is 1210. The summed E-state index contributed by atoms with van der Waals surface area (Å²) in [5, 5.41) is 12.1. The summed E-state index contributed by atoms with van der Waals surface area (Å²) in [5.74, 6) is 0. The standard InChI is InChI=1S/C21H13ClN5/c22-18-13-16(17-11-12-23-25-17)21-24-19(14-7-3-1-4-8-14)20(27(21)26-18)15-9-5-2-6-10-15/h2-13H,(H,23,25). The predicted octanol–water partition coefficient (Wildman–Crippen LogP) is 4.91. The van der Waals surface area contributed by atoms with Crippen molar-refractivity contribution >= 4 is 17.2 Å². The number of hydrogen-bond donors (Lipinski definition) is 1. The van der Waals surface area contributed by atoms with Crippen molar-refractivity contribution in [1.29, 1.82) is 0 Å². The lowest BCUT2D eigenvalue weighted by molar-refractivity contribution is 0.943. The molecule has 0 bridgehead atoms. The molecule has 0 aliphatic carbocycles. The summed E-state index contributed by atoms with van der Waals surface area (Å²) in [6.45, 7) is 0. The van der Waals surface area contributed by atoms with Gasteiger partial charge in [-0.1, -0.05) is 66.2 Å². The second kappa shape index (κ2) is 6.37. The van der Waals surface area contributed by atoms with Crippen LogP contribution in [-0.4, -0.2) is 24.8 Å². The van der Waals surface area contributed by atoms with E-state index in [0.29, 0.717) is 10.8 Å². The molecule has 0 unspecified atom stereocenters. The van der Waals surface area contributed by atoms with Crippen LogP contribution in [0.25, 0.3) is 39.4 Å². The van der Waals surface area contributed by atoms with Gasteiger partial charge in [0.25, 0.3) is 0 Å². The van der Waals surface area contributed by atoms with Gasteiger partial charge in [-0.2, -0.15) is 10.2 Å². The van der Waals surface area contributed by atoms with Crippen LogP contribution in [0.3, 0.4) is 0 Å². The van der Waals surface area contributed by atoms with Crippen molar-refractivity contribution in [3.8, 4) is 33.8 Å². The summed E-state index contributed by atoms with van der Waals surface area (Å²) in [6.07, 6.45) is 1.77. The Morgan fingerprint density at radius 1 is 0.963 bits per heavy atom. The molecule has 0 atom stereocenters. The van der Waals surface area contributed by atoms with Crippen molar-refractivity contribution in [1.82, 2.24) is 24.8 Å². The van der Waals surface area contributed by atoms with Crippen molar-refractivity contribution in [3.05, 3.63) is 84.1 Å². The third-order valence-electron chi connectivity index (χ3n) is 4.37. The second-order valence-corrected chi connectivity index (χ2v) is 6.43. The number of halogens is 1. The number of nitrogens with one attached hydrogen (secondary N) is 1. The van der Waals surface area contributed by atoms with Gasteiger partial charge in [-0.05, 0) is 18.2 Å². The van der Waals surface area contributed by atoms with E-state index in [9.17, 15) is 0 Å². The topological polar surface area (TPSA) is 58.9 Å². The molecule has 3 aromatic heterocycles. The number of nitrogens with zero attached hydrogens (tertiary/aromatic N) is 4. The average molecular weight is 371 g/mol. The summed E-state index contributed by atoms with van der Waals surface area (Å²) in [4.78, 5) is 4.93. The van der Waals surface area contributed by atoms with Gasteiger partial charge in [-0.25, -0.2) is 9.50 Å². The fourth-order valence-corrected chi connectivity index (χ4v) is 3.38. The second-order valence-electron chi connectivity index (χ2n) is 6.04. The van der Waals surface area contributed by atoms with Crippen LogP contribution < -0.4 is 0 Å². The van der Waals surface area contributed by atoms with E-state index in [2.05, 4.69) is 21.4 Å². The van der Waals surface area contributed by atoms with E-state index in [-0.39, 0.29) is 0 Å². The first-order valence-electron chi connectivity index (χ1n) is 8.42. The highest BCUT2D eigenvalue weighted by atomic mass is 35.5. The van der Waals surface area contributed by atoms with E-state index in [1.807, 2.05) is 60.7 Å². The van der Waals surface area contributed by atoms with Crippen molar-refractivity contribution < 1.29 is 0 Å². The van der Waals surface area contributed by atoms with Gasteiger partial charge in [0, 0.05) is 22.9 Å². The lowest BCUT2D eigenvalue weighted by Crippen LogP contribution is -1.97. The number of benzene rings is 2. The van der Waals surface area contributed by atoms with Crippen LogP contribution in [0.1, 0.15) is 0 Å². The van der Waals surface area contributed by atoms with Crippen LogP contribution in [0, 0.1) is 6.07 Å². The molecule has 0 fully saturated rings. The molecule has 1 N–H and O–H groups in total. The molecule has 0 saturated heterocycles. The summed E-state index contributed by atoms with van der Waals surface area (Å²) in [5.41, 5.74) is 6.01. The maximum atomic E-state index is 6.35. The molecule has 0 aliphatic heterocycles. The minimum atomic E-state index is 0.378. The quantitative estimate of drug-likeness (QED) is 0.491. The van der Waals surface area contributed by atoms with E-state index >= 15 is 0 Å². The van der Waals surface area contributed by atoms with Crippen LogP contribution >= 0.6 is 11.6 Å². The van der Waals surface area contributed by atoms with Crippen LogP contribution in [0.4, 0.5) is 0 Å². The van der Waals surface area contributed by atoms with E-state index < -0.39 is 0 Å². The smallest absolute Gasteiger partial charge is 0.164 e. The number of rotatable bonds is 3. The first-order valence-corrected chi connectivity index (χ1v) is 8.80. The van der Waals surface area contributed by atoms with Gasteiger partial charge in [-0.15, -0.1) is 0 Å². The highest BCUT2D eigenvalue weighted by Crippen LogP contribution is 2.35. The van der Waals surface area contributed by atoms with E-state index in [4.69, 9.17) is 16.6 Å². The molecule has 0 aliphatic rings. The molecule has 129 valence electrons.